The number of carbonyl (C=O) groups excluding carboxylic acids is 1. The second-order valence-electron chi connectivity index (χ2n) is 5.77. The average molecular weight is 353 g/mol. The highest BCUT2D eigenvalue weighted by Gasteiger charge is 2.27. The van der Waals surface area contributed by atoms with Crippen LogP contribution in [0, 0.1) is 5.82 Å². The van der Waals surface area contributed by atoms with Gasteiger partial charge in [0.2, 0.25) is 0 Å². The van der Waals surface area contributed by atoms with Crippen molar-refractivity contribution in [2.45, 2.75) is 25.8 Å². The quantitative estimate of drug-likeness (QED) is 0.900. The minimum atomic E-state index is -0.292. The molecule has 1 N–H and O–H groups in total. The molecule has 1 aromatic heterocycles. The Hall–Kier alpha value is -1.92. The van der Waals surface area contributed by atoms with E-state index in [2.05, 4.69) is 17.3 Å². The Labute approximate surface area is 147 Å². The van der Waals surface area contributed by atoms with Gasteiger partial charge in [-0.25, -0.2) is 9.07 Å². The van der Waals surface area contributed by atoms with Crippen LogP contribution in [0.1, 0.15) is 30.3 Å². The minimum absolute atomic E-state index is 0. The largest absolute Gasteiger partial charge is 0.333 e. The molecule has 24 heavy (non-hydrogen) atoms. The number of nitrogens with one attached hydrogen (secondary N) is 1. The number of amides is 1. The van der Waals surface area contributed by atoms with Crippen molar-refractivity contribution >= 4 is 18.3 Å². The van der Waals surface area contributed by atoms with Crippen LogP contribution in [0.2, 0.25) is 0 Å². The number of aromatic nitrogens is 2. The van der Waals surface area contributed by atoms with Gasteiger partial charge in [0, 0.05) is 25.3 Å². The summed E-state index contributed by atoms with van der Waals surface area (Å²) in [6.07, 6.45) is 3.63. The third-order valence-corrected chi connectivity index (χ3v) is 4.10. The zero-order valence-electron chi connectivity index (χ0n) is 13.6. The van der Waals surface area contributed by atoms with Gasteiger partial charge >= 0.3 is 0 Å². The lowest BCUT2D eigenvalue weighted by atomic mass is 10.2. The lowest BCUT2D eigenvalue weighted by Gasteiger charge is -2.27. The zero-order valence-corrected chi connectivity index (χ0v) is 14.4. The Bertz CT molecular complexity index is 667. The van der Waals surface area contributed by atoms with E-state index in [1.165, 1.54) is 12.1 Å². The van der Waals surface area contributed by atoms with E-state index in [-0.39, 0.29) is 30.2 Å². The van der Waals surface area contributed by atoms with E-state index in [4.69, 9.17) is 0 Å². The van der Waals surface area contributed by atoms with Gasteiger partial charge in [-0.3, -0.25) is 4.79 Å². The van der Waals surface area contributed by atoms with E-state index in [1.54, 1.807) is 29.1 Å². The van der Waals surface area contributed by atoms with E-state index < -0.39 is 0 Å². The van der Waals surface area contributed by atoms with Crippen molar-refractivity contribution in [2.75, 3.05) is 19.6 Å². The molecule has 1 aliphatic heterocycles. The van der Waals surface area contributed by atoms with Crippen molar-refractivity contribution in [3.63, 3.8) is 0 Å². The highest BCUT2D eigenvalue weighted by molar-refractivity contribution is 5.92. The number of halogens is 2. The van der Waals surface area contributed by atoms with Crippen molar-refractivity contribution in [3.8, 4) is 5.69 Å². The van der Waals surface area contributed by atoms with Crippen LogP contribution in [0.3, 0.4) is 0 Å². The molecule has 2 aromatic rings. The molecule has 1 unspecified atom stereocenters. The summed E-state index contributed by atoms with van der Waals surface area (Å²) in [5, 5.41) is 7.67. The molecule has 0 saturated carbocycles. The van der Waals surface area contributed by atoms with Crippen molar-refractivity contribution in [2.24, 2.45) is 0 Å². The Morgan fingerprint density at radius 1 is 1.38 bits per heavy atom. The van der Waals surface area contributed by atoms with Crippen LogP contribution in [0.5, 0.6) is 0 Å². The van der Waals surface area contributed by atoms with E-state index in [9.17, 15) is 9.18 Å². The first-order valence-corrected chi connectivity index (χ1v) is 8.02. The van der Waals surface area contributed by atoms with Crippen LogP contribution in [0.4, 0.5) is 4.39 Å². The van der Waals surface area contributed by atoms with Gasteiger partial charge in [-0.2, -0.15) is 5.10 Å². The fraction of sp³-hybridized carbons (Fsp3) is 0.412. The maximum atomic E-state index is 13.0. The molecule has 0 aliphatic carbocycles. The smallest absolute Gasteiger partial charge is 0.274 e. The third-order valence-electron chi connectivity index (χ3n) is 4.10. The summed E-state index contributed by atoms with van der Waals surface area (Å²) in [6, 6.07) is 8.00. The van der Waals surface area contributed by atoms with Gasteiger partial charge in [0.05, 0.1) is 5.69 Å². The highest BCUT2D eigenvalue weighted by Crippen LogP contribution is 2.15. The predicted octanol–water partition coefficient (Wildman–Crippen LogP) is 2.65. The van der Waals surface area contributed by atoms with E-state index in [1.807, 2.05) is 4.90 Å². The van der Waals surface area contributed by atoms with Crippen molar-refractivity contribution in [3.05, 3.63) is 48.0 Å². The number of nitrogens with zero attached hydrogens (tertiary/aromatic N) is 3. The number of rotatable bonds is 5. The molecule has 1 amide bonds. The topological polar surface area (TPSA) is 50.2 Å². The number of benzene rings is 1. The average Bonchev–Trinajstić information content (AvgIpc) is 3.24. The molecule has 0 bridgehead atoms. The summed E-state index contributed by atoms with van der Waals surface area (Å²) < 4.78 is 14.6. The minimum Gasteiger partial charge on any atom is -0.333 e. The SMILES string of the molecule is CCCN(C(=O)c1ccn(-c2ccc(F)cc2)n1)C1CCNC1.Cl. The summed E-state index contributed by atoms with van der Waals surface area (Å²) in [5.41, 5.74) is 1.16. The maximum Gasteiger partial charge on any atom is 0.274 e. The molecule has 1 aromatic carbocycles. The number of hydrogen-bond donors (Lipinski definition) is 1. The van der Waals surface area contributed by atoms with E-state index in [0.717, 1.165) is 38.2 Å². The third kappa shape index (κ3) is 3.94. The first kappa shape index (κ1) is 18.4. The molecule has 1 fully saturated rings. The molecule has 0 spiro atoms. The van der Waals surface area contributed by atoms with E-state index in [0.29, 0.717) is 5.69 Å². The first-order chi connectivity index (χ1) is 11.2. The van der Waals surface area contributed by atoms with Crippen LogP contribution in [-0.4, -0.2) is 46.3 Å². The molecular formula is C17H22ClFN4O. The van der Waals surface area contributed by atoms with Crippen LogP contribution in [0.25, 0.3) is 5.69 Å². The molecule has 2 heterocycles. The number of carbonyl (C=O) groups is 1. The summed E-state index contributed by atoms with van der Waals surface area (Å²) in [6.45, 7) is 4.58. The van der Waals surface area contributed by atoms with Crippen LogP contribution < -0.4 is 5.32 Å². The van der Waals surface area contributed by atoms with Crippen molar-refractivity contribution < 1.29 is 9.18 Å². The number of hydrogen-bond acceptors (Lipinski definition) is 3. The maximum absolute atomic E-state index is 13.0. The molecule has 0 radical (unpaired) electrons. The predicted molar refractivity (Wildman–Crippen MR) is 93.4 cm³/mol. The molecule has 1 atom stereocenters. The Morgan fingerprint density at radius 3 is 2.75 bits per heavy atom. The van der Waals surface area contributed by atoms with Crippen LogP contribution >= 0.6 is 12.4 Å². The molecule has 3 rings (SSSR count). The fourth-order valence-electron chi connectivity index (χ4n) is 2.92. The summed E-state index contributed by atoms with van der Waals surface area (Å²) in [7, 11) is 0. The lowest BCUT2D eigenvalue weighted by Crippen LogP contribution is -2.42. The zero-order chi connectivity index (χ0) is 16.2. The van der Waals surface area contributed by atoms with Gasteiger partial charge in [-0.1, -0.05) is 6.92 Å². The monoisotopic (exact) mass is 352 g/mol. The van der Waals surface area contributed by atoms with Gasteiger partial charge in [0.25, 0.3) is 5.91 Å². The Kier molecular flexibility index (Phi) is 6.34. The Balaban J connectivity index is 0.00000208. The van der Waals surface area contributed by atoms with Crippen molar-refractivity contribution in [1.82, 2.24) is 20.0 Å². The second-order valence-corrected chi connectivity index (χ2v) is 5.77. The van der Waals surface area contributed by atoms with Gasteiger partial charge in [0.1, 0.15) is 5.82 Å². The van der Waals surface area contributed by atoms with Gasteiger partial charge < -0.3 is 10.2 Å². The van der Waals surface area contributed by atoms with Gasteiger partial charge in [-0.05, 0) is 49.7 Å². The standard InChI is InChI=1S/C17H21FN4O.ClH/c1-2-10-21(15-7-9-19-12-15)17(23)16-8-11-22(20-16)14-5-3-13(18)4-6-14;/h3-6,8,11,15,19H,2,7,9-10,12H2,1H3;1H. The summed E-state index contributed by atoms with van der Waals surface area (Å²) >= 11 is 0. The molecule has 1 aliphatic rings. The van der Waals surface area contributed by atoms with Crippen LogP contribution in [0.15, 0.2) is 36.5 Å². The second kappa shape index (κ2) is 8.26. The molecule has 7 heteroatoms. The normalized spacial score (nSPS) is 16.7. The lowest BCUT2D eigenvalue weighted by molar-refractivity contribution is 0.0685. The molecule has 1 saturated heterocycles. The summed E-state index contributed by atoms with van der Waals surface area (Å²) in [5.74, 6) is -0.332. The molecule has 130 valence electrons. The summed E-state index contributed by atoms with van der Waals surface area (Å²) in [4.78, 5) is 14.7. The molecule has 5 nitrogen and oxygen atoms in total. The van der Waals surface area contributed by atoms with Gasteiger partial charge in [0.15, 0.2) is 5.69 Å². The fourth-order valence-corrected chi connectivity index (χ4v) is 2.92. The Morgan fingerprint density at radius 2 is 2.12 bits per heavy atom. The van der Waals surface area contributed by atoms with Gasteiger partial charge in [-0.15, -0.1) is 12.4 Å². The van der Waals surface area contributed by atoms with Crippen molar-refractivity contribution in [1.29, 1.82) is 0 Å². The van der Waals surface area contributed by atoms with E-state index >= 15 is 0 Å². The highest BCUT2D eigenvalue weighted by atomic mass is 35.5. The first-order valence-electron chi connectivity index (χ1n) is 8.02. The molecular weight excluding hydrogens is 331 g/mol. The van der Waals surface area contributed by atoms with Crippen LogP contribution in [-0.2, 0) is 0 Å².